The Balaban J connectivity index is 1.50. The highest BCUT2D eigenvalue weighted by Gasteiger charge is 2.57. The van der Waals surface area contributed by atoms with Crippen molar-refractivity contribution in [1.82, 2.24) is 0 Å². The van der Waals surface area contributed by atoms with Gasteiger partial charge in [0.1, 0.15) is 0 Å². The molecule has 5 aromatic rings. The summed E-state index contributed by atoms with van der Waals surface area (Å²) in [6, 6.07) is 44.0. The smallest absolute Gasteiger partial charge is 0.399 e. The van der Waals surface area contributed by atoms with Gasteiger partial charge in [0.15, 0.2) is 0 Å². The van der Waals surface area contributed by atoms with Crippen LogP contribution in [0.5, 0.6) is 0 Å². The number of hydrogen-bond donors (Lipinski definition) is 0. The van der Waals surface area contributed by atoms with Crippen molar-refractivity contribution in [2.45, 2.75) is 44.3 Å². The number of nitrogens with zero attached hydrogens (tertiary/aromatic N) is 1. The third-order valence-electron chi connectivity index (χ3n) is 9.71. The Kier molecular flexibility index (Phi) is 5.08. The zero-order valence-electron chi connectivity index (χ0n) is 23.9. The van der Waals surface area contributed by atoms with Crippen molar-refractivity contribution in [2.75, 3.05) is 4.90 Å². The van der Waals surface area contributed by atoms with Crippen LogP contribution in [0.15, 0.2) is 121 Å². The molecule has 0 radical (unpaired) electrons. The maximum absolute atomic E-state index is 6.74. The van der Waals surface area contributed by atoms with Crippen LogP contribution in [0, 0.1) is 0 Å². The summed E-state index contributed by atoms with van der Waals surface area (Å²) >= 11 is 0. The largest absolute Gasteiger partial charge is 0.495 e. The van der Waals surface area contributed by atoms with Crippen molar-refractivity contribution < 1.29 is 9.31 Å². The molecule has 1 aliphatic carbocycles. The predicted octanol–water partition coefficient (Wildman–Crippen LogP) is 8.13. The van der Waals surface area contributed by atoms with E-state index in [1.54, 1.807) is 0 Å². The molecular weight excluding hydrogens is 501 g/mol. The zero-order valence-corrected chi connectivity index (χ0v) is 23.9. The summed E-state index contributed by atoms with van der Waals surface area (Å²) in [4.78, 5) is 2.41. The lowest BCUT2D eigenvalue weighted by Gasteiger charge is -2.45. The van der Waals surface area contributed by atoms with Crippen molar-refractivity contribution in [1.29, 1.82) is 0 Å². The molecule has 2 aliphatic heterocycles. The van der Waals surface area contributed by atoms with Gasteiger partial charge in [-0.05, 0) is 90.8 Å². The van der Waals surface area contributed by atoms with Crippen LogP contribution in [0.2, 0.25) is 0 Å². The van der Waals surface area contributed by atoms with E-state index >= 15 is 0 Å². The molecule has 1 saturated heterocycles. The average molecular weight is 533 g/mol. The van der Waals surface area contributed by atoms with Crippen LogP contribution >= 0.6 is 0 Å². The average Bonchev–Trinajstić information content (AvgIpc) is 3.41. The quantitative estimate of drug-likeness (QED) is 0.210. The molecule has 2 heterocycles. The second kappa shape index (κ2) is 8.45. The highest BCUT2D eigenvalue weighted by Crippen LogP contribution is 2.63. The number of rotatable bonds is 2. The summed E-state index contributed by atoms with van der Waals surface area (Å²) in [6.07, 6.45) is 0. The van der Waals surface area contributed by atoms with Crippen LogP contribution in [-0.4, -0.2) is 18.3 Å². The number of anilines is 3. The second-order valence-electron chi connectivity index (χ2n) is 12.4. The summed E-state index contributed by atoms with van der Waals surface area (Å²) in [7, 11) is -0.479. The van der Waals surface area contributed by atoms with Gasteiger partial charge >= 0.3 is 7.12 Å². The van der Waals surface area contributed by atoms with Gasteiger partial charge in [-0.15, -0.1) is 0 Å². The van der Waals surface area contributed by atoms with E-state index in [9.17, 15) is 0 Å². The standard InChI is InChI=1S/C37H32BNO2/c1-35(2)36(3,4)41-38(40-35)31-22-14-18-27-26-17-8-9-19-28(26)37(34(27)31)29-20-10-12-23-32(29)39(25-15-6-5-7-16-25)33-24-13-11-21-30(33)37/h5-24H,1-4H3. The lowest BCUT2D eigenvalue weighted by Crippen LogP contribution is -2.44. The van der Waals surface area contributed by atoms with Gasteiger partial charge in [-0.1, -0.05) is 97.1 Å². The van der Waals surface area contributed by atoms with E-state index in [4.69, 9.17) is 9.31 Å². The van der Waals surface area contributed by atoms with E-state index in [0.29, 0.717) is 0 Å². The topological polar surface area (TPSA) is 21.7 Å². The Morgan fingerprint density at radius 3 is 1.66 bits per heavy atom. The summed E-state index contributed by atoms with van der Waals surface area (Å²) in [5.41, 5.74) is 10.8. The Hall–Kier alpha value is -4.12. The number of benzene rings is 5. The minimum Gasteiger partial charge on any atom is -0.399 e. The first-order valence-corrected chi connectivity index (χ1v) is 14.5. The van der Waals surface area contributed by atoms with Gasteiger partial charge in [0.05, 0.1) is 28.0 Å². The van der Waals surface area contributed by atoms with E-state index in [2.05, 4.69) is 154 Å². The van der Waals surface area contributed by atoms with Gasteiger partial charge in [0.25, 0.3) is 0 Å². The molecule has 1 fully saturated rings. The van der Waals surface area contributed by atoms with Crippen molar-refractivity contribution in [3.05, 3.63) is 144 Å². The Morgan fingerprint density at radius 1 is 0.512 bits per heavy atom. The van der Waals surface area contributed by atoms with Gasteiger partial charge < -0.3 is 14.2 Å². The number of fused-ring (bicyclic) bond motifs is 9. The molecule has 200 valence electrons. The van der Waals surface area contributed by atoms with Gasteiger partial charge in [-0.25, -0.2) is 0 Å². The SMILES string of the molecule is CC1(C)OB(c2cccc3c2C2(c4ccccc4-3)c3ccccc3N(c3ccccc3)c3ccccc32)OC1(C)C. The van der Waals surface area contributed by atoms with Crippen LogP contribution in [-0.2, 0) is 14.7 Å². The molecule has 41 heavy (non-hydrogen) atoms. The first-order valence-electron chi connectivity index (χ1n) is 14.5. The third kappa shape index (κ3) is 3.18. The molecule has 5 aromatic carbocycles. The Bertz CT molecular complexity index is 1760. The summed E-state index contributed by atoms with van der Waals surface area (Å²) < 4.78 is 13.5. The number of para-hydroxylation sites is 3. The molecule has 1 spiro atoms. The summed E-state index contributed by atoms with van der Waals surface area (Å²) in [5, 5.41) is 0. The lowest BCUT2D eigenvalue weighted by atomic mass is 9.60. The van der Waals surface area contributed by atoms with Crippen LogP contribution in [0.4, 0.5) is 17.1 Å². The fourth-order valence-electron chi connectivity index (χ4n) is 7.22. The lowest BCUT2D eigenvalue weighted by molar-refractivity contribution is 0.00578. The van der Waals surface area contributed by atoms with Gasteiger partial charge in [0.2, 0.25) is 0 Å². The van der Waals surface area contributed by atoms with Gasteiger partial charge in [-0.2, -0.15) is 0 Å². The Morgan fingerprint density at radius 2 is 1.02 bits per heavy atom. The van der Waals surface area contributed by atoms with Crippen molar-refractivity contribution in [3.63, 3.8) is 0 Å². The van der Waals surface area contributed by atoms with Crippen LogP contribution in [0.1, 0.15) is 49.9 Å². The first kappa shape index (κ1) is 24.7. The van der Waals surface area contributed by atoms with Crippen molar-refractivity contribution in [3.8, 4) is 11.1 Å². The first-order chi connectivity index (χ1) is 19.8. The number of hydrogen-bond acceptors (Lipinski definition) is 3. The fraction of sp³-hybridized carbons (Fsp3) is 0.189. The van der Waals surface area contributed by atoms with Crippen LogP contribution in [0.25, 0.3) is 11.1 Å². The van der Waals surface area contributed by atoms with E-state index in [1.165, 1.54) is 44.8 Å². The van der Waals surface area contributed by atoms with Crippen molar-refractivity contribution >= 4 is 29.6 Å². The van der Waals surface area contributed by atoms with E-state index < -0.39 is 23.7 Å². The second-order valence-corrected chi connectivity index (χ2v) is 12.4. The molecule has 0 atom stereocenters. The van der Waals surface area contributed by atoms with E-state index in [1.807, 2.05) is 0 Å². The maximum Gasteiger partial charge on any atom is 0.495 e. The molecular formula is C37H32BNO2. The minimum absolute atomic E-state index is 0.439. The fourth-order valence-corrected chi connectivity index (χ4v) is 7.22. The van der Waals surface area contributed by atoms with Crippen molar-refractivity contribution in [2.24, 2.45) is 0 Å². The van der Waals surface area contributed by atoms with Crippen LogP contribution in [0.3, 0.4) is 0 Å². The molecule has 0 amide bonds. The molecule has 8 rings (SSSR count). The third-order valence-corrected chi connectivity index (χ3v) is 9.71. The maximum atomic E-state index is 6.74. The summed E-state index contributed by atoms with van der Waals surface area (Å²) in [6.45, 7) is 8.51. The Labute approximate surface area is 242 Å². The van der Waals surface area contributed by atoms with Gasteiger partial charge in [-0.3, -0.25) is 0 Å². The molecule has 0 saturated carbocycles. The molecule has 3 aliphatic rings. The highest BCUT2D eigenvalue weighted by molar-refractivity contribution is 6.63. The molecule has 0 bridgehead atoms. The molecule has 4 heteroatoms. The van der Waals surface area contributed by atoms with E-state index in [0.717, 1.165) is 11.2 Å². The minimum atomic E-state index is -0.537. The van der Waals surface area contributed by atoms with E-state index in [-0.39, 0.29) is 0 Å². The van der Waals surface area contributed by atoms with Gasteiger partial charge in [0, 0.05) is 5.69 Å². The molecule has 0 unspecified atom stereocenters. The predicted molar refractivity (Wildman–Crippen MR) is 168 cm³/mol. The normalized spacial score (nSPS) is 18.5. The zero-order chi connectivity index (χ0) is 28.0. The molecule has 3 nitrogen and oxygen atoms in total. The molecule has 0 aromatic heterocycles. The monoisotopic (exact) mass is 533 g/mol. The highest BCUT2D eigenvalue weighted by atomic mass is 16.7. The summed E-state index contributed by atoms with van der Waals surface area (Å²) in [5.74, 6) is 0. The molecule has 0 N–H and O–H groups in total. The van der Waals surface area contributed by atoms with Crippen LogP contribution < -0.4 is 10.4 Å².